The lowest BCUT2D eigenvalue weighted by Crippen LogP contribution is -2.41. The van der Waals surface area contributed by atoms with Gasteiger partial charge in [-0.25, -0.2) is 4.79 Å². The number of alkyl halides is 1. The minimum atomic E-state index is -1.40. The Kier molecular flexibility index (Phi) is 6.98. The molecular weight excluding hydrogens is 298 g/mol. The van der Waals surface area contributed by atoms with Crippen molar-refractivity contribution >= 4 is 23.5 Å². The minimum absolute atomic E-state index is 0.176. The van der Waals surface area contributed by atoms with Gasteiger partial charge in [0.05, 0.1) is 20.8 Å². The van der Waals surface area contributed by atoms with Crippen LogP contribution >= 0.6 is 11.6 Å². The van der Waals surface area contributed by atoms with E-state index in [4.69, 9.17) is 16.3 Å². The molecule has 0 aliphatic rings. The molecule has 0 aromatic heterocycles. The Hall–Kier alpha value is -1.79. The van der Waals surface area contributed by atoms with Crippen LogP contribution in [0, 0.1) is 0 Å². The van der Waals surface area contributed by atoms with Gasteiger partial charge in [0.1, 0.15) is 11.6 Å². The maximum atomic E-state index is 11.8. The highest BCUT2D eigenvalue weighted by Crippen LogP contribution is 2.13. The zero-order valence-electron chi connectivity index (χ0n) is 11.9. The largest absolute Gasteiger partial charge is 0.497 e. The average molecular weight is 316 g/mol. The number of halogens is 1. The number of amides is 1. The molecular formula is C14H18ClNO5. The first-order valence-electron chi connectivity index (χ1n) is 6.24. The van der Waals surface area contributed by atoms with E-state index in [-0.39, 0.29) is 24.9 Å². The van der Waals surface area contributed by atoms with Crippen molar-refractivity contribution in [3.8, 4) is 5.75 Å². The van der Waals surface area contributed by atoms with E-state index in [1.165, 1.54) is 12.0 Å². The first-order chi connectivity index (χ1) is 10.0. The van der Waals surface area contributed by atoms with Crippen LogP contribution < -0.4 is 4.74 Å². The Morgan fingerprint density at radius 2 is 1.90 bits per heavy atom. The van der Waals surface area contributed by atoms with Crippen LogP contribution in [-0.2, 0) is 20.9 Å². The van der Waals surface area contributed by atoms with E-state index in [0.29, 0.717) is 5.75 Å². The molecule has 1 atom stereocenters. The van der Waals surface area contributed by atoms with Crippen LogP contribution in [0.2, 0.25) is 0 Å². The van der Waals surface area contributed by atoms with Crippen LogP contribution in [0.3, 0.4) is 0 Å². The third kappa shape index (κ3) is 5.24. The molecule has 0 unspecified atom stereocenters. The van der Waals surface area contributed by atoms with Gasteiger partial charge in [-0.3, -0.25) is 4.79 Å². The number of aliphatic hydroxyl groups is 1. The van der Waals surface area contributed by atoms with Crippen LogP contribution in [0.25, 0.3) is 0 Å². The molecule has 1 N–H and O–H groups in total. The van der Waals surface area contributed by atoms with Gasteiger partial charge in [0.15, 0.2) is 6.10 Å². The van der Waals surface area contributed by atoms with Gasteiger partial charge in [0.25, 0.3) is 0 Å². The van der Waals surface area contributed by atoms with Crippen molar-refractivity contribution in [3.63, 3.8) is 0 Å². The van der Waals surface area contributed by atoms with Crippen molar-refractivity contribution in [2.24, 2.45) is 0 Å². The van der Waals surface area contributed by atoms with Crippen LogP contribution in [0.1, 0.15) is 5.56 Å². The van der Waals surface area contributed by atoms with E-state index in [0.717, 1.165) is 5.56 Å². The number of aliphatic hydroxyl groups excluding tert-OH is 1. The van der Waals surface area contributed by atoms with Gasteiger partial charge < -0.3 is 19.5 Å². The third-order valence-electron chi connectivity index (χ3n) is 2.87. The predicted molar refractivity (Wildman–Crippen MR) is 77.2 cm³/mol. The maximum Gasteiger partial charge on any atom is 0.336 e. The summed E-state index contributed by atoms with van der Waals surface area (Å²) in [6, 6.07) is 7.10. The van der Waals surface area contributed by atoms with Gasteiger partial charge in [-0.05, 0) is 17.7 Å². The standard InChI is InChI=1S/C14H18ClNO5/c1-20-11-5-3-10(4-6-11)8-16(13(18)7-15)9-12(17)14(19)21-2/h3-6,12,17H,7-9H2,1-2H3/t12-/m1/s1. The Morgan fingerprint density at radius 1 is 1.29 bits per heavy atom. The Balaban J connectivity index is 2.77. The van der Waals surface area contributed by atoms with Crippen LogP contribution in [0.15, 0.2) is 24.3 Å². The molecule has 116 valence electrons. The average Bonchev–Trinajstić information content (AvgIpc) is 2.53. The fourth-order valence-corrected chi connectivity index (χ4v) is 1.88. The summed E-state index contributed by atoms with van der Waals surface area (Å²) in [7, 11) is 2.73. The summed E-state index contributed by atoms with van der Waals surface area (Å²) >= 11 is 5.55. The second kappa shape index (κ2) is 8.49. The van der Waals surface area contributed by atoms with Gasteiger partial charge in [-0.15, -0.1) is 11.6 Å². The molecule has 6 nitrogen and oxygen atoms in total. The smallest absolute Gasteiger partial charge is 0.336 e. The number of nitrogens with zero attached hydrogens (tertiary/aromatic N) is 1. The number of carbonyl (C=O) groups is 2. The lowest BCUT2D eigenvalue weighted by Gasteiger charge is -2.24. The third-order valence-corrected chi connectivity index (χ3v) is 3.09. The number of hydrogen-bond acceptors (Lipinski definition) is 5. The molecule has 0 bridgehead atoms. The van der Waals surface area contributed by atoms with Crippen molar-refractivity contribution in [2.75, 3.05) is 26.6 Å². The van der Waals surface area contributed by atoms with Crippen molar-refractivity contribution in [2.45, 2.75) is 12.6 Å². The molecule has 21 heavy (non-hydrogen) atoms. The van der Waals surface area contributed by atoms with Crippen molar-refractivity contribution in [1.82, 2.24) is 4.90 Å². The van der Waals surface area contributed by atoms with E-state index in [1.54, 1.807) is 31.4 Å². The molecule has 7 heteroatoms. The van der Waals surface area contributed by atoms with E-state index >= 15 is 0 Å². The molecule has 0 aliphatic carbocycles. The highest BCUT2D eigenvalue weighted by Gasteiger charge is 2.22. The first kappa shape index (κ1) is 17.3. The molecule has 0 radical (unpaired) electrons. The Bertz CT molecular complexity index is 477. The topological polar surface area (TPSA) is 76.1 Å². The molecule has 0 spiro atoms. The Morgan fingerprint density at radius 3 is 2.38 bits per heavy atom. The Labute approximate surface area is 128 Å². The molecule has 0 aliphatic heterocycles. The quantitative estimate of drug-likeness (QED) is 0.595. The maximum absolute atomic E-state index is 11.8. The number of carbonyl (C=O) groups excluding carboxylic acids is 2. The van der Waals surface area contributed by atoms with Crippen LogP contribution in [0.5, 0.6) is 5.75 Å². The summed E-state index contributed by atoms with van der Waals surface area (Å²) in [6.45, 7) is 0.0495. The highest BCUT2D eigenvalue weighted by molar-refractivity contribution is 6.27. The van der Waals surface area contributed by atoms with Gasteiger partial charge in [0, 0.05) is 6.54 Å². The lowest BCUT2D eigenvalue weighted by atomic mass is 10.2. The minimum Gasteiger partial charge on any atom is -0.497 e. The van der Waals surface area contributed by atoms with Crippen LogP contribution in [-0.4, -0.2) is 54.6 Å². The van der Waals surface area contributed by atoms with Crippen molar-refractivity contribution in [3.05, 3.63) is 29.8 Å². The molecule has 1 aromatic rings. The SMILES string of the molecule is COC(=O)[C@H](O)CN(Cc1ccc(OC)cc1)C(=O)CCl. The zero-order valence-corrected chi connectivity index (χ0v) is 12.7. The predicted octanol–water partition coefficient (Wildman–Crippen LogP) is 0.796. The summed E-state index contributed by atoms with van der Waals surface area (Å²) < 4.78 is 9.48. The number of methoxy groups -OCH3 is 2. The van der Waals surface area contributed by atoms with E-state index < -0.39 is 12.1 Å². The first-order valence-corrected chi connectivity index (χ1v) is 6.77. The molecule has 1 aromatic carbocycles. The number of rotatable bonds is 7. The number of benzene rings is 1. The van der Waals surface area contributed by atoms with Gasteiger partial charge >= 0.3 is 5.97 Å². The number of ether oxygens (including phenoxy) is 2. The van der Waals surface area contributed by atoms with Crippen molar-refractivity contribution in [1.29, 1.82) is 0 Å². The number of esters is 1. The van der Waals surface area contributed by atoms with Crippen molar-refractivity contribution < 1.29 is 24.2 Å². The van der Waals surface area contributed by atoms with Crippen LogP contribution in [0.4, 0.5) is 0 Å². The monoisotopic (exact) mass is 315 g/mol. The molecule has 0 saturated carbocycles. The lowest BCUT2D eigenvalue weighted by molar-refractivity contribution is -0.152. The summed E-state index contributed by atoms with van der Waals surface area (Å²) in [5.74, 6) is -0.708. The fraction of sp³-hybridized carbons (Fsp3) is 0.429. The summed E-state index contributed by atoms with van der Waals surface area (Å²) in [5.41, 5.74) is 0.825. The summed E-state index contributed by atoms with van der Waals surface area (Å²) in [6.07, 6.45) is -1.40. The fourth-order valence-electron chi connectivity index (χ4n) is 1.71. The van der Waals surface area contributed by atoms with E-state index in [1.807, 2.05) is 0 Å². The molecule has 0 heterocycles. The van der Waals surface area contributed by atoms with E-state index in [9.17, 15) is 14.7 Å². The molecule has 1 rings (SSSR count). The second-order valence-corrected chi connectivity index (χ2v) is 4.56. The van der Waals surface area contributed by atoms with Gasteiger partial charge in [-0.2, -0.15) is 0 Å². The highest BCUT2D eigenvalue weighted by atomic mass is 35.5. The van der Waals surface area contributed by atoms with E-state index in [2.05, 4.69) is 4.74 Å². The second-order valence-electron chi connectivity index (χ2n) is 4.29. The van der Waals surface area contributed by atoms with Gasteiger partial charge in [0.2, 0.25) is 5.91 Å². The summed E-state index contributed by atoms with van der Waals surface area (Å²) in [4.78, 5) is 24.3. The summed E-state index contributed by atoms with van der Waals surface area (Å²) in [5, 5.41) is 9.66. The molecule has 0 fully saturated rings. The normalized spacial score (nSPS) is 11.6. The number of hydrogen-bond donors (Lipinski definition) is 1. The molecule has 1 amide bonds. The zero-order chi connectivity index (χ0) is 15.8. The molecule has 0 saturated heterocycles. The van der Waals surface area contributed by atoms with Gasteiger partial charge in [-0.1, -0.05) is 12.1 Å².